The van der Waals surface area contributed by atoms with Gasteiger partial charge in [-0.25, -0.2) is 0 Å². The summed E-state index contributed by atoms with van der Waals surface area (Å²) in [5, 5.41) is 0. The number of hydrogen-bond donors (Lipinski definition) is 0. The second-order valence-corrected chi connectivity index (χ2v) is 11.8. The molecule has 2 aliphatic heterocycles. The van der Waals surface area contributed by atoms with Gasteiger partial charge in [0, 0.05) is 64.3 Å². The van der Waals surface area contributed by atoms with Gasteiger partial charge in [-0.05, 0) is 59.8 Å². The molecule has 4 rings (SSSR count). The lowest BCUT2D eigenvalue weighted by Crippen LogP contribution is -2.47. The summed E-state index contributed by atoms with van der Waals surface area (Å²) in [5.41, 5.74) is 5.22. The Balaban J connectivity index is 1.61. The molecule has 5 nitrogen and oxygen atoms in total. The third-order valence-corrected chi connectivity index (χ3v) is 7.71. The van der Waals surface area contributed by atoms with Crippen molar-refractivity contribution in [1.29, 1.82) is 0 Å². The normalized spacial score (nSPS) is 24.7. The molecule has 3 fully saturated rings. The number of nitrogens with zero attached hydrogens (tertiary/aromatic N) is 3. The van der Waals surface area contributed by atoms with Crippen LogP contribution in [-0.4, -0.2) is 77.6 Å². The minimum Gasteiger partial charge on any atom is -0.383 e. The van der Waals surface area contributed by atoms with Gasteiger partial charge in [0.25, 0.3) is 0 Å². The fourth-order valence-corrected chi connectivity index (χ4v) is 6.67. The minimum atomic E-state index is 0.386. The van der Waals surface area contributed by atoms with Gasteiger partial charge in [0.15, 0.2) is 0 Å². The van der Waals surface area contributed by atoms with Gasteiger partial charge in [0.2, 0.25) is 0 Å². The fourth-order valence-electron chi connectivity index (χ4n) is 6.67. The lowest BCUT2D eigenvalue weighted by Gasteiger charge is -2.46. The summed E-state index contributed by atoms with van der Waals surface area (Å²) in [6, 6.07) is 7.33. The van der Waals surface area contributed by atoms with Crippen molar-refractivity contribution < 1.29 is 9.47 Å². The van der Waals surface area contributed by atoms with Crippen molar-refractivity contribution in [3.63, 3.8) is 0 Å². The first-order valence-corrected chi connectivity index (χ1v) is 12.7. The molecule has 32 heavy (non-hydrogen) atoms. The topological polar surface area (TPSA) is 28.2 Å². The molecule has 1 aromatic rings. The summed E-state index contributed by atoms with van der Waals surface area (Å²) in [5.74, 6) is 0.622. The summed E-state index contributed by atoms with van der Waals surface area (Å²) in [4.78, 5) is 7.70. The number of hydrogen-bond acceptors (Lipinski definition) is 5. The maximum atomic E-state index is 5.62. The molecule has 2 heterocycles. The van der Waals surface area contributed by atoms with E-state index in [4.69, 9.17) is 9.47 Å². The molecule has 1 aromatic carbocycles. The molecule has 0 unspecified atom stereocenters. The second-order valence-electron chi connectivity index (χ2n) is 11.8. The Kier molecular flexibility index (Phi) is 7.38. The van der Waals surface area contributed by atoms with Crippen molar-refractivity contribution in [2.75, 3.05) is 82.5 Å². The van der Waals surface area contributed by atoms with Gasteiger partial charge in [-0.1, -0.05) is 27.7 Å². The first kappa shape index (κ1) is 23.8. The summed E-state index contributed by atoms with van der Waals surface area (Å²) >= 11 is 0. The zero-order valence-electron chi connectivity index (χ0n) is 21.2. The van der Waals surface area contributed by atoms with Crippen molar-refractivity contribution in [3.05, 3.63) is 23.8 Å². The Morgan fingerprint density at radius 1 is 0.906 bits per heavy atom. The molecule has 1 aliphatic carbocycles. The van der Waals surface area contributed by atoms with Crippen LogP contribution in [-0.2, 0) is 9.47 Å². The number of piperazine rings is 1. The van der Waals surface area contributed by atoms with Crippen LogP contribution in [0.15, 0.2) is 18.2 Å². The van der Waals surface area contributed by atoms with Crippen molar-refractivity contribution in [2.45, 2.75) is 52.9 Å². The molecule has 0 atom stereocenters. The number of ether oxygens (including phenoxy) is 2. The Labute approximate surface area is 196 Å². The number of methoxy groups -OCH3 is 1. The van der Waals surface area contributed by atoms with Crippen LogP contribution in [0.4, 0.5) is 11.4 Å². The maximum absolute atomic E-state index is 5.62. The van der Waals surface area contributed by atoms with Crippen LogP contribution in [0.25, 0.3) is 0 Å². The first-order valence-electron chi connectivity index (χ1n) is 12.7. The number of anilines is 2. The number of morpholine rings is 1. The molecule has 0 N–H and O–H groups in total. The Morgan fingerprint density at radius 2 is 1.56 bits per heavy atom. The highest BCUT2D eigenvalue weighted by atomic mass is 16.5. The van der Waals surface area contributed by atoms with E-state index in [0.29, 0.717) is 16.7 Å². The monoisotopic (exact) mass is 443 g/mol. The molecule has 0 bridgehead atoms. The van der Waals surface area contributed by atoms with Crippen LogP contribution in [0.3, 0.4) is 0 Å². The largest absolute Gasteiger partial charge is 0.383 e. The smallest absolute Gasteiger partial charge is 0.0642 e. The third-order valence-electron chi connectivity index (χ3n) is 7.71. The van der Waals surface area contributed by atoms with Crippen LogP contribution in [0, 0.1) is 10.8 Å². The van der Waals surface area contributed by atoms with Crippen molar-refractivity contribution in [3.8, 4) is 0 Å². The summed E-state index contributed by atoms with van der Waals surface area (Å²) in [6.07, 6.45) is 3.88. The Morgan fingerprint density at radius 3 is 2.19 bits per heavy atom. The predicted octanol–water partition coefficient (Wildman–Crippen LogP) is 4.61. The zero-order chi connectivity index (χ0) is 22.8. The Hall–Kier alpha value is -1.30. The van der Waals surface area contributed by atoms with E-state index in [2.05, 4.69) is 60.6 Å². The SMILES string of the molecule is COCCN1CCN(c2ccc(N3CCOCC3)cc2C2CC(C)(C)CC(C)(C)C2)CC1. The van der Waals surface area contributed by atoms with Crippen LogP contribution in [0.1, 0.15) is 58.4 Å². The highest BCUT2D eigenvalue weighted by Crippen LogP contribution is 2.53. The van der Waals surface area contributed by atoms with E-state index in [-0.39, 0.29) is 0 Å². The van der Waals surface area contributed by atoms with E-state index in [0.717, 1.165) is 65.6 Å². The second kappa shape index (κ2) is 9.90. The van der Waals surface area contributed by atoms with Gasteiger partial charge in [-0.3, -0.25) is 4.90 Å². The van der Waals surface area contributed by atoms with Gasteiger partial charge in [0.05, 0.1) is 19.8 Å². The van der Waals surface area contributed by atoms with E-state index >= 15 is 0 Å². The Bertz CT molecular complexity index is 733. The third kappa shape index (κ3) is 5.78. The highest BCUT2D eigenvalue weighted by Gasteiger charge is 2.40. The lowest BCUT2D eigenvalue weighted by atomic mass is 9.60. The van der Waals surface area contributed by atoms with Crippen molar-refractivity contribution in [2.24, 2.45) is 10.8 Å². The minimum absolute atomic E-state index is 0.386. The molecule has 2 saturated heterocycles. The molecule has 180 valence electrons. The molecular weight excluding hydrogens is 398 g/mol. The van der Waals surface area contributed by atoms with Gasteiger partial charge in [0.1, 0.15) is 0 Å². The van der Waals surface area contributed by atoms with Gasteiger partial charge in [-0.15, -0.1) is 0 Å². The highest BCUT2D eigenvalue weighted by molar-refractivity contribution is 5.64. The molecule has 0 aromatic heterocycles. The van der Waals surface area contributed by atoms with Crippen LogP contribution in [0.2, 0.25) is 0 Å². The van der Waals surface area contributed by atoms with Crippen molar-refractivity contribution in [1.82, 2.24) is 4.90 Å². The molecule has 5 heteroatoms. The van der Waals surface area contributed by atoms with Crippen LogP contribution < -0.4 is 9.80 Å². The average molecular weight is 444 g/mol. The van der Waals surface area contributed by atoms with E-state index in [1.807, 2.05) is 0 Å². The van der Waals surface area contributed by atoms with E-state index in [9.17, 15) is 0 Å². The summed E-state index contributed by atoms with van der Waals surface area (Å²) in [6.45, 7) is 19.9. The molecule has 3 aliphatic rings. The maximum Gasteiger partial charge on any atom is 0.0642 e. The van der Waals surface area contributed by atoms with E-state index in [1.165, 1.54) is 30.6 Å². The molecule has 0 spiro atoms. The zero-order valence-corrected chi connectivity index (χ0v) is 21.2. The van der Waals surface area contributed by atoms with Crippen LogP contribution >= 0.6 is 0 Å². The van der Waals surface area contributed by atoms with E-state index < -0.39 is 0 Å². The molecule has 0 amide bonds. The summed E-state index contributed by atoms with van der Waals surface area (Å²) in [7, 11) is 1.80. The average Bonchev–Trinajstić information content (AvgIpc) is 2.76. The molecule has 0 radical (unpaired) electrons. The standard InChI is InChI=1S/C27H45N3O2/c1-26(2)19-22(20-27(3,4)21-26)24-18-23(29-13-16-32-17-14-29)6-7-25(24)30-10-8-28(9-11-30)12-15-31-5/h6-7,18,22H,8-17,19-21H2,1-5H3. The van der Waals surface area contributed by atoms with Gasteiger partial charge in [-0.2, -0.15) is 0 Å². The molecule has 1 saturated carbocycles. The van der Waals surface area contributed by atoms with E-state index in [1.54, 1.807) is 12.7 Å². The predicted molar refractivity (Wildman–Crippen MR) is 134 cm³/mol. The van der Waals surface area contributed by atoms with Crippen LogP contribution in [0.5, 0.6) is 0 Å². The lowest BCUT2D eigenvalue weighted by molar-refractivity contribution is 0.0969. The van der Waals surface area contributed by atoms with Gasteiger partial charge < -0.3 is 19.3 Å². The first-order chi connectivity index (χ1) is 15.3. The summed E-state index contributed by atoms with van der Waals surface area (Å²) < 4.78 is 10.9. The van der Waals surface area contributed by atoms with Gasteiger partial charge >= 0.3 is 0 Å². The quantitative estimate of drug-likeness (QED) is 0.640. The molecular formula is C27H45N3O2. The fraction of sp³-hybridized carbons (Fsp3) is 0.778. The van der Waals surface area contributed by atoms with Crippen molar-refractivity contribution >= 4 is 11.4 Å². The number of rotatable bonds is 6. The number of benzene rings is 1.